The lowest BCUT2D eigenvalue weighted by atomic mass is 9.84. The minimum absolute atomic E-state index is 0.0377. The van der Waals surface area contributed by atoms with Gasteiger partial charge in [0.05, 0.1) is 5.41 Å². The molecule has 0 radical (unpaired) electrons. The van der Waals surface area contributed by atoms with Crippen LogP contribution in [0.4, 0.5) is 4.79 Å². The first-order chi connectivity index (χ1) is 16.8. The Labute approximate surface area is 206 Å². The Morgan fingerprint density at radius 3 is 2.11 bits per heavy atom. The molecule has 0 aliphatic heterocycles. The molecule has 1 fully saturated rings. The molecule has 7 nitrogen and oxygen atoms in total. The van der Waals surface area contributed by atoms with Crippen molar-refractivity contribution in [1.29, 1.82) is 0 Å². The molecular formula is C28H34N2O5. The van der Waals surface area contributed by atoms with Gasteiger partial charge in [0.25, 0.3) is 0 Å². The third-order valence-electron chi connectivity index (χ3n) is 7.27. The van der Waals surface area contributed by atoms with Gasteiger partial charge in [-0.05, 0) is 47.4 Å². The Kier molecular flexibility index (Phi) is 7.43. The number of carboxylic acids is 1. The number of amides is 2. The number of aliphatic carboxylic acids is 1. The molecule has 2 amide bonds. The van der Waals surface area contributed by atoms with E-state index in [1.165, 1.54) is 0 Å². The van der Waals surface area contributed by atoms with Crippen LogP contribution >= 0.6 is 0 Å². The Hall–Kier alpha value is -3.35. The number of hydrogen-bond donors (Lipinski definition) is 3. The second-order valence-electron chi connectivity index (χ2n) is 10.2. The van der Waals surface area contributed by atoms with Crippen LogP contribution in [0.3, 0.4) is 0 Å². The van der Waals surface area contributed by atoms with Crippen molar-refractivity contribution in [2.45, 2.75) is 57.9 Å². The standard InChI is InChI=1S/C28H34N2O5/c1-18(2)15-24(25(31)32)30-26(33)28(13-7-8-14-28)17-29-27(34)35-16-23-21-11-5-3-9-19(21)20-10-4-6-12-22(20)23/h3-6,9-12,18,23-24H,7-8,13-17H2,1-2H3,(H,29,34)(H,30,33)(H,31,32)/t24-/m0/s1. The molecule has 0 saturated heterocycles. The molecule has 35 heavy (non-hydrogen) atoms. The van der Waals surface area contributed by atoms with E-state index in [9.17, 15) is 19.5 Å². The fourth-order valence-electron chi connectivity index (χ4n) is 5.43. The van der Waals surface area contributed by atoms with Crippen LogP contribution in [0.15, 0.2) is 48.5 Å². The van der Waals surface area contributed by atoms with Crippen LogP contribution in [-0.4, -0.2) is 42.3 Å². The van der Waals surface area contributed by atoms with Gasteiger partial charge in [0, 0.05) is 12.5 Å². The lowest BCUT2D eigenvalue weighted by Crippen LogP contribution is -2.52. The van der Waals surface area contributed by atoms with E-state index >= 15 is 0 Å². The van der Waals surface area contributed by atoms with Crippen LogP contribution in [0.25, 0.3) is 11.1 Å². The van der Waals surface area contributed by atoms with Crippen molar-refractivity contribution in [2.24, 2.45) is 11.3 Å². The van der Waals surface area contributed by atoms with Crippen LogP contribution in [0, 0.1) is 11.3 Å². The molecule has 2 aromatic rings. The highest BCUT2D eigenvalue weighted by molar-refractivity contribution is 5.88. The van der Waals surface area contributed by atoms with E-state index < -0.39 is 23.5 Å². The first kappa shape index (κ1) is 24.8. The highest BCUT2D eigenvalue weighted by atomic mass is 16.5. The van der Waals surface area contributed by atoms with E-state index in [2.05, 4.69) is 34.9 Å². The molecule has 1 saturated carbocycles. The van der Waals surface area contributed by atoms with E-state index in [1.807, 2.05) is 38.1 Å². The molecule has 0 spiro atoms. The summed E-state index contributed by atoms with van der Waals surface area (Å²) in [5, 5.41) is 15.0. The second kappa shape index (κ2) is 10.5. The largest absolute Gasteiger partial charge is 0.480 e. The quantitative estimate of drug-likeness (QED) is 0.485. The van der Waals surface area contributed by atoms with Crippen molar-refractivity contribution in [2.75, 3.05) is 13.2 Å². The fraction of sp³-hybridized carbons (Fsp3) is 0.464. The van der Waals surface area contributed by atoms with Crippen molar-refractivity contribution in [3.8, 4) is 11.1 Å². The summed E-state index contributed by atoms with van der Waals surface area (Å²) in [6.07, 6.45) is 2.73. The average molecular weight is 479 g/mol. The third kappa shape index (κ3) is 5.34. The van der Waals surface area contributed by atoms with Gasteiger partial charge >= 0.3 is 12.1 Å². The summed E-state index contributed by atoms with van der Waals surface area (Å²) in [7, 11) is 0. The highest BCUT2D eigenvalue weighted by Gasteiger charge is 2.43. The lowest BCUT2D eigenvalue weighted by molar-refractivity contribution is -0.144. The van der Waals surface area contributed by atoms with Crippen molar-refractivity contribution in [1.82, 2.24) is 10.6 Å². The minimum Gasteiger partial charge on any atom is -0.480 e. The Morgan fingerprint density at radius 2 is 1.57 bits per heavy atom. The normalized spacial score (nSPS) is 16.9. The summed E-state index contributed by atoms with van der Waals surface area (Å²) in [5.74, 6) is -1.24. The number of carbonyl (C=O) groups is 3. The highest BCUT2D eigenvalue weighted by Crippen LogP contribution is 2.44. The topological polar surface area (TPSA) is 105 Å². The Balaban J connectivity index is 1.37. The summed E-state index contributed by atoms with van der Waals surface area (Å²) in [6.45, 7) is 4.18. The molecule has 1 atom stereocenters. The summed E-state index contributed by atoms with van der Waals surface area (Å²) in [5.41, 5.74) is 3.79. The molecule has 3 N–H and O–H groups in total. The van der Waals surface area contributed by atoms with Crippen molar-refractivity contribution >= 4 is 18.0 Å². The maximum atomic E-state index is 13.2. The number of carbonyl (C=O) groups excluding carboxylic acids is 2. The van der Waals surface area contributed by atoms with Crippen LogP contribution in [-0.2, 0) is 14.3 Å². The van der Waals surface area contributed by atoms with Gasteiger partial charge in [-0.15, -0.1) is 0 Å². The minimum atomic E-state index is -1.04. The molecule has 4 rings (SSSR count). The van der Waals surface area contributed by atoms with Crippen LogP contribution in [0.5, 0.6) is 0 Å². The molecule has 7 heteroatoms. The SMILES string of the molecule is CC(C)C[C@H](NC(=O)C1(CNC(=O)OCC2c3ccccc3-c3ccccc32)CCCC1)C(=O)O. The molecule has 2 aromatic carbocycles. The number of hydrogen-bond acceptors (Lipinski definition) is 4. The molecule has 186 valence electrons. The molecule has 0 bridgehead atoms. The third-order valence-corrected chi connectivity index (χ3v) is 7.27. The van der Waals surface area contributed by atoms with Crippen LogP contribution < -0.4 is 10.6 Å². The van der Waals surface area contributed by atoms with Crippen molar-refractivity contribution < 1.29 is 24.2 Å². The first-order valence-corrected chi connectivity index (χ1v) is 12.4. The predicted molar refractivity (Wildman–Crippen MR) is 133 cm³/mol. The van der Waals surface area contributed by atoms with Crippen LogP contribution in [0.1, 0.15) is 63.0 Å². The average Bonchev–Trinajstić information content (AvgIpc) is 3.44. The molecular weight excluding hydrogens is 444 g/mol. The van der Waals surface area contributed by atoms with E-state index in [0.717, 1.165) is 35.1 Å². The van der Waals surface area contributed by atoms with E-state index in [-0.39, 0.29) is 30.9 Å². The molecule has 2 aliphatic rings. The lowest BCUT2D eigenvalue weighted by Gasteiger charge is -2.30. The van der Waals surface area contributed by atoms with Gasteiger partial charge in [0.2, 0.25) is 5.91 Å². The van der Waals surface area contributed by atoms with Crippen LogP contribution in [0.2, 0.25) is 0 Å². The fourth-order valence-corrected chi connectivity index (χ4v) is 5.43. The van der Waals surface area contributed by atoms with Crippen molar-refractivity contribution in [3.63, 3.8) is 0 Å². The second-order valence-corrected chi connectivity index (χ2v) is 10.2. The summed E-state index contributed by atoms with van der Waals surface area (Å²) < 4.78 is 5.62. The number of fused-ring (bicyclic) bond motifs is 3. The predicted octanol–water partition coefficient (Wildman–Crippen LogP) is 4.70. The Morgan fingerprint density at radius 1 is 1.00 bits per heavy atom. The number of nitrogens with one attached hydrogen (secondary N) is 2. The number of benzene rings is 2. The molecule has 2 aliphatic carbocycles. The van der Waals surface area contributed by atoms with Gasteiger partial charge in [-0.25, -0.2) is 9.59 Å². The van der Waals surface area contributed by atoms with Gasteiger partial charge in [0.1, 0.15) is 12.6 Å². The maximum absolute atomic E-state index is 13.2. The first-order valence-electron chi connectivity index (χ1n) is 12.4. The summed E-state index contributed by atoms with van der Waals surface area (Å²) in [6, 6.07) is 15.4. The van der Waals surface area contributed by atoms with Gasteiger partial charge < -0.3 is 20.5 Å². The zero-order valence-electron chi connectivity index (χ0n) is 20.4. The summed E-state index contributed by atoms with van der Waals surface area (Å²) in [4.78, 5) is 37.5. The zero-order valence-corrected chi connectivity index (χ0v) is 20.4. The molecule has 0 unspecified atom stereocenters. The van der Waals surface area contributed by atoms with Crippen molar-refractivity contribution in [3.05, 3.63) is 59.7 Å². The number of ether oxygens (including phenoxy) is 1. The molecule has 0 aromatic heterocycles. The van der Waals surface area contributed by atoms with E-state index in [1.54, 1.807) is 0 Å². The number of rotatable bonds is 9. The monoisotopic (exact) mass is 478 g/mol. The van der Waals surface area contributed by atoms with E-state index in [4.69, 9.17) is 4.74 Å². The molecule has 0 heterocycles. The number of carboxylic acid groups (broad SMARTS) is 1. The Bertz CT molecular complexity index is 1040. The van der Waals surface area contributed by atoms with Gasteiger partial charge in [-0.2, -0.15) is 0 Å². The van der Waals surface area contributed by atoms with Gasteiger partial charge in [0.15, 0.2) is 0 Å². The smallest absolute Gasteiger partial charge is 0.407 e. The zero-order chi connectivity index (χ0) is 25.0. The number of alkyl carbamates (subject to hydrolysis) is 1. The van der Waals surface area contributed by atoms with Gasteiger partial charge in [-0.3, -0.25) is 4.79 Å². The van der Waals surface area contributed by atoms with Gasteiger partial charge in [-0.1, -0.05) is 75.2 Å². The summed E-state index contributed by atoms with van der Waals surface area (Å²) >= 11 is 0. The maximum Gasteiger partial charge on any atom is 0.407 e. The van der Waals surface area contributed by atoms with E-state index in [0.29, 0.717) is 19.3 Å².